The Morgan fingerprint density at radius 1 is 1.12 bits per heavy atom. The lowest BCUT2D eigenvalue weighted by atomic mass is 9.95. The van der Waals surface area contributed by atoms with Crippen LogP contribution in [0, 0.1) is 0 Å². The third-order valence-electron chi connectivity index (χ3n) is 5.53. The molecule has 166 valence electrons. The molecule has 2 amide bonds. The fourth-order valence-corrected chi connectivity index (χ4v) is 3.86. The maximum atomic E-state index is 12.8. The SMILES string of the molecule is C=C(c1cc(C=O)cc(C(=O)NC)n1)c1cccc2c1CCN2C(=O)OCc1ccccc1. The lowest BCUT2D eigenvalue weighted by molar-refractivity contribution is 0.0958. The molecule has 3 aromatic rings. The number of aromatic nitrogens is 1. The van der Waals surface area contributed by atoms with Gasteiger partial charge in [0.25, 0.3) is 5.91 Å². The Morgan fingerprint density at radius 2 is 1.88 bits per heavy atom. The van der Waals surface area contributed by atoms with Crippen LogP contribution in [0.15, 0.2) is 67.2 Å². The first-order valence-electron chi connectivity index (χ1n) is 10.5. The standard InChI is InChI=1S/C26H23N3O4/c1-17(22-13-19(15-30)14-23(28-22)25(31)27-2)20-9-6-10-24-21(20)11-12-29(24)26(32)33-16-18-7-4-3-5-8-18/h3-10,13-15H,1,11-12,16H2,2H3,(H,27,31). The summed E-state index contributed by atoms with van der Waals surface area (Å²) < 4.78 is 5.51. The summed E-state index contributed by atoms with van der Waals surface area (Å²) in [4.78, 5) is 42.2. The molecule has 7 heteroatoms. The summed E-state index contributed by atoms with van der Waals surface area (Å²) in [5, 5.41) is 2.52. The van der Waals surface area contributed by atoms with Crippen LogP contribution in [-0.4, -0.2) is 36.9 Å². The predicted molar refractivity (Wildman–Crippen MR) is 125 cm³/mol. The Bertz CT molecular complexity index is 1240. The molecule has 0 spiro atoms. The summed E-state index contributed by atoms with van der Waals surface area (Å²) in [6.45, 7) is 4.86. The van der Waals surface area contributed by atoms with Gasteiger partial charge in [0.05, 0.1) is 11.4 Å². The third-order valence-corrected chi connectivity index (χ3v) is 5.53. The van der Waals surface area contributed by atoms with E-state index in [0.29, 0.717) is 36.1 Å². The Labute approximate surface area is 191 Å². The molecule has 0 fully saturated rings. The number of amides is 2. The van der Waals surface area contributed by atoms with Crippen molar-refractivity contribution < 1.29 is 19.1 Å². The van der Waals surface area contributed by atoms with Crippen molar-refractivity contribution in [1.82, 2.24) is 10.3 Å². The van der Waals surface area contributed by atoms with Crippen molar-refractivity contribution in [2.45, 2.75) is 13.0 Å². The zero-order chi connectivity index (χ0) is 23.4. The molecule has 0 saturated carbocycles. The second kappa shape index (κ2) is 9.48. The van der Waals surface area contributed by atoms with Crippen LogP contribution in [0.1, 0.15) is 43.2 Å². The number of rotatable bonds is 6. The van der Waals surface area contributed by atoms with Crippen molar-refractivity contribution in [3.05, 3.63) is 101 Å². The van der Waals surface area contributed by atoms with E-state index in [1.807, 2.05) is 48.5 Å². The number of fused-ring (bicyclic) bond motifs is 1. The number of nitrogens with one attached hydrogen (secondary N) is 1. The van der Waals surface area contributed by atoms with Gasteiger partial charge in [0, 0.05) is 24.7 Å². The summed E-state index contributed by atoms with van der Waals surface area (Å²) in [5.41, 5.74) is 4.89. The summed E-state index contributed by atoms with van der Waals surface area (Å²) in [6, 6.07) is 18.2. The van der Waals surface area contributed by atoms with Crippen LogP contribution in [0.4, 0.5) is 10.5 Å². The lowest BCUT2D eigenvalue weighted by Gasteiger charge is -2.18. The molecule has 2 aromatic carbocycles. The fourth-order valence-electron chi connectivity index (χ4n) is 3.86. The van der Waals surface area contributed by atoms with Gasteiger partial charge in [0.1, 0.15) is 18.6 Å². The smallest absolute Gasteiger partial charge is 0.414 e. The summed E-state index contributed by atoms with van der Waals surface area (Å²) in [6.07, 6.45) is 0.883. The van der Waals surface area contributed by atoms with Crippen molar-refractivity contribution in [1.29, 1.82) is 0 Å². The first kappa shape index (κ1) is 22.0. The van der Waals surface area contributed by atoms with Gasteiger partial charge < -0.3 is 10.1 Å². The summed E-state index contributed by atoms with van der Waals surface area (Å²) >= 11 is 0. The van der Waals surface area contributed by atoms with Gasteiger partial charge in [-0.1, -0.05) is 49.0 Å². The van der Waals surface area contributed by atoms with E-state index in [2.05, 4.69) is 16.9 Å². The zero-order valence-electron chi connectivity index (χ0n) is 18.2. The van der Waals surface area contributed by atoms with E-state index in [9.17, 15) is 14.4 Å². The van der Waals surface area contributed by atoms with Gasteiger partial charge in [-0.05, 0) is 41.3 Å². The first-order chi connectivity index (χ1) is 16.0. The molecule has 0 bridgehead atoms. The molecule has 0 aliphatic carbocycles. The molecule has 33 heavy (non-hydrogen) atoms. The number of nitrogens with zero attached hydrogens (tertiary/aromatic N) is 2. The van der Waals surface area contributed by atoms with Crippen LogP contribution in [0.2, 0.25) is 0 Å². The van der Waals surface area contributed by atoms with Crippen LogP contribution in [0.3, 0.4) is 0 Å². The molecule has 0 unspecified atom stereocenters. The molecule has 7 nitrogen and oxygen atoms in total. The van der Waals surface area contributed by atoms with Crippen molar-refractivity contribution in [3.8, 4) is 0 Å². The topological polar surface area (TPSA) is 88.6 Å². The van der Waals surface area contributed by atoms with Gasteiger partial charge in [0.15, 0.2) is 0 Å². The number of pyridine rings is 1. The number of aldehydes is 1. The van der Waals surface area contributed by atoms with Crippen LogP contribution in [0.5, 0.6) is 0 Å². The highest BCUT2D eigenvalue weighted by Gasteiger charge is 2.28. The van der Waals surface area contributed by atoms with Crippen molar-refractivity contribution in [2.75, 3.05) is 18.5 Å². The molecule has 1 aliphatic heterocycles. The van der Waals surface area contributed by atoms with Crippen LogP contribution in [-0.2, 0) is 17.8 Å². The first-order valence-corrected chi connectivity index (χ1v) is 10.5. The molecule has 0 saturated heterocycles. The highest BCUT2D eigenvalue weighted by atomic mass is 16.6. The van der Waals surface area contributed by atoms with E-state index in [4.69, 9.17) is 4.74 Å². The number of anilines is 1. The quantitative estimate of drug-likeness (QED) is 0.584. The van der Waals surface area contributed by atoms with E-state index in [-0.39, 0.29) is 12.3 Å². The zero-order valence-corrected chi connectivity index (χ0v) is 18.2. The maximum absolute atomic E-state index is 12.8. The largest absolute Gasteiger partial charge is 0.444 e. The molecule has 0 radical (unpaired) electrons. The monoisotopic (exact) mass is 441 g/mol. The van der Waals surface area contributed by atoms with E-state index in [0.717, 1.165) is 22.4 Å². The molecule has 2 heterocycles. The van der Waals surface area contributed by atoms with Gasteiger partial charge in [-0.2, -0.15) is 0 Å². The summed E-state index contributed by atoms with van der Waals surface area (Å²) in [5.74, 6) is -0.390. The number of ether oxygens (including phenoxy) is 1. The number of carbonyl (C=O) groups is 3. The van der Waals surface area contributed by atoms with Gasteiger partial charge in [0.2, 0.25) is 0 Å². The average molecular weight is 441 g/mol. The van der Waals surface area contributed by atoms with Crippen LogP contribution in [0.25, 0.3) is 5.57 Å². The third kappa shape index (κ3) is 4.52. The number of hydrogen-bond donors (Lipinski definition) is 1. The molecular formula is C26H23N3O4. The molecule has 1 aliphatic rings. The van der Waals surface area contributed by atoms with Gasteiger partial charge in [-0.15, -0.1) is 0 Å². The van der Waals surface area contributed by atoms with E-state index in [1.54, 1.807) is 11.0 Å². The van der Waals surface area contributed by atoms with E-state index >= 15 is 0 Å². The Kier molecular flexibility index (Phi) is 6.31. The molecule has 1 aromatic heterocycles. The van der Waals surface area contributed by atoms with Crippen LogP contribution >= 0.6 is 0 Å². The Balaban J connectivity index is 1.60. The summed E-state index contributed by atoms with van der Waals surface area (Å²) in [7, 11) is 1.50. The van der Waals surface area contributed by atoms with Gasteiger partial charge in [-0.25, -0.2) is 9.78 Å². The van der Waals surface area contributed by atoms with Crippen molar-refractivity contribution >= 4 is 29.5 Å². The maximum Gasteiger partial charge on any atom is 0.414 e. The second-order valence-electron chi connectivity index (χ2n) is 7.59. The lowest BCUT2D eigenvalue weighted by Crippen LogP contribution is -2.29. The average Bonchev–Trinajstić information content (AvgIpc) is 3.31. The predicted octanol–water partition coefficient (Wildman–Crippen LogP) is 4.01. The van der Waals surface area contributed by atoms with Crippen molar-refractivity contribution in [3.63, 3.8) is 0 Å². The minimum absolute atomic E-state index is 0.136. The fraction of sp³-hybridized carbons (Fsp3) is 0.154. The number of benzene rings is 2. The molecule has 0 atom stereocenters. The normalized spacial score (nSPS) is 12.1. The minimum atomic E-state index is -0.414. The molecule has 4 rings (SSSR count). The van der Waals surface area contributed by atoms with E-state index in [1.165, 1.54) is 13.1 Å². The van der Waals surface area contributed by atoms with Crippen LogP contribution < -0.4 is 10.2 Å². The highest BCUT2D eigenvalue weighted by Crippen LogP contribution is 2.36. The van der Waals surface area contributed by atoms with Crippen molar-refractivity contribution in [2.24, 2.45) is 0 Å². The molecular weight excluding hydrogens is 418 g/mol. The second-order valence-corrected chi connectivity index (χ2v) is 7.59. The number of hydrogen-bond acceptors (Lipinski definition) is 5. The minimum Gasteiger partial charge on any atom is -0.444 e. The number of carbonyl (C=O) groups excluding carboxylic acids is 3. The Hall–Kier alpha value is -4.26. The highest BCUT2D eigenvalue weighted by molar-refractivity contribution is 5.96. The molecule has 1 N–H and O–H groups in total. The van der Waals surface area contributed by atoms with Gasteiger partial charge in [-0.3, -0.25) is 14.5 Å². The van der Waals surface area contributed by atoms with Gasteiger partial charge >= 0.3 is 6.09 Å². The van der Waals surface area contributed by atoms with E-state index < -0.39 is 12.0 Å². The Morgan fingerprint density at radius 3 is 2.61 bits per heavy atom.